The molecule has 0 spiro atoms. The molecule has 1 atom stereocenters. The molecule has 1 unspecified atom stereocenters. The maximum Gasteiger partial charge on any atom is 0.262 e. The van der Waals surface area contributed by atoms with E-state index in [1.807, 2.05) is 0 Å². The molecule has 0 fully saturated rings. The van der Waals surface area contributed by atoms with Gasteiger partial charge in [0.2, 0.25) is 0 Å². The van der Waals surface area contributed by atoms with Crippen molar-refractivity contribution in [2.75, 3.05) is 11.9 Å². The Kier molecular flexibility index (Phi) is 4.90. The topological polar surface area (TPSA) is 58.6 Å². The van der Waals surface area contributed by atoms with Crippen LogP contribution >= 0.6 is 0 Å². The molecule has 2 aromatic carbocycles. The standard InChI is InChI=1S/C16H16FNO3/c1-11(19)12-6-8-13(9-7-12)21-10-16(20)18-15-5-3-2-4-14(15)17/h2-9,11,19H,10H2,1H3,(H,18,20). The lowest BCUT2D eigenvalue weighted by Crippen LogP contribution is -2.20. The van der Waals surface area contributed by atoms with Crippen molar-refractivity contribution in [1.29, 1.82) is 0 Å². The van der Waals surface area contributed by atoms with E-state index in [2.05, 4.69) is 5.32 Å². The predicted molar refractivity (Wildman–Crippen MR) is 77.6 cm³/mol. The summed E-state index contributed by atoms with van der Waals surface area (Å²) in [5.41, 5.74) is 0.883. The number of carbonyl (C=O) groups is 1. The third-order valence-corrected chi connectivity index (χ3v) is 2.88. The Balaban J connectivity index is 1.88. The van der Waals surface area contributed by atoms with Crippen LogP contribution in [0.15, 0.2) is 48.5 Å². The van der Waals surface area contributed by atoms with Gasteiger partial charge in [-0.2, -0.15) is 0 Å². The summed E-state index contributed by atoms with van der Waals surface area (Å²) in [5.74, 6) is -0.435. The van der Waals surface area contributed by atoms with Crippen LogP contribution in [-0.4, -0.2) is 17.6 Å². The number of halogens is 1. The lowest BCUT2D eigenvalue weighted by Gasteiger charge is -2.09. The molecule has 0 saturated heterocycles. The normalized spacial score (nSPS) is 11.8. The summed E-state index contributed by atoms with van der Waals surface area (Å²) in [4.78, 5) is 11.7. The van der Waals surface area contributed by atoms with E-state index in [-0.39, 0.29) is 12.3 Å². The van der Waals surface area contributed by atoms with Crippen molar-refractivity contribution in [2.24, 2.45) is 0 Å². The zero-order valence-corrected chi connectivity index (χ0v) is 11.5. The zero-order valence-electron chi connectivity index (χ0n) is 11.5. The number of hydrogen-bond donors (Lipinski definition) is 2. The van der Waals surface area contributed by atoms with Crippen LogP contribution in [0.25, 0.3) is 0 Å². The minimum Gasteiger partial charge on any atom is -0.484 e. The minimum atomic E-state index is -0.552. The molecule has 1 amide bonds. The van der Waals surface area contributed by atoms with Crippen LogP contribution in [0.2, 0.25) is 0 Å². The molecule has 0 bridgehead atoms. The highest BCUT2D eigenvalue weighted by Gasteiger charge is 2.07. The molecule has 110 valence electrons. The molecule has 0 radical (unpaired) electrons. The Labute approximate surface area is 122 Å². The molecule has 0 aliphatic rings. The minimum absolute atomic E-state index is 0.121. The first kappa shape index (κ1) is 15.0. The fourth-order valence-corrected chi connectivity index (χ4v) is 1.74. The highest BCUT2D eigenvalue weighted by atomic mass is 19.1. The Hall–Kier alpha value is -2.40. The monoisotopic (exact) mass is 289 g/mol. The van der Waals surface area contributed by atoms with Gasteiger partial charge in [-0.15, -0.1) is 0 Å². The molecule has 0 heterocycles. The van der Waals surface area contributed by atoms with Crippen molar-refractivity contribution in [3.63, 3.8) is 0 Å². The predicted octanol–water partition coefficient (Wildman–Crippen LogP) is 2.90. The van der Waals surface area contributed by atoms with Crippen LogP contribution in [0, 0.1) is 5.82 Å². The summed E-state index contributed by atoms with van der Waals surface area (Å²) in [7, 11) is 0. The van der Waals surface area contributed by atoms with Crippen molar-refractivity contribution in [3.05, 3.63) is 59.9 Å². The van der Waals surface area contributed by atoms with E-state index in [1.54, 1.807) is 43.3 Å². The molecular weight excluding hydrogens is 273 g/mol. The van der Waals surface area contributed by atoms with Crippen LogP contribution in [0.4, 0.5) is 10.1 Å². The van der Waals surface area contributed by atoms with Crippen molar-refractivity contribution in [2.45, 2.75) is 13.0 Å². The average molecular weight is 289 g/mol. The number of hydrogen-bond acceptors (Lipinski definition) is 3. The number of amides is 1. The van der Waals surface area contributed by atoms with Gasteiger partial charge < -0.3 is 15.2 Å². The number of benzene rings is 2. The van der Waals surface area contributed by atoms with E-state index >= 15 is 0 Å². The fourth-order valence-electron chi connectivity index (χ4n) is 1.74. The second kappa shape index (κ2) is 6.85. The Morgan fingerprint density at radius 3 is 2.52 bits per heavy atom. The molecule has 0 saturated carbocycles. The number of para-hydroxylation sites is 1. The van der Waals surface area contributed by atoms with Crippen molar-refractivity contribution in [1.82, 2.24) is 0 Å². The maximum absolute atomic E-state index is 13.4. The molecule has 0 aromatic heterocycles. The first-order valence-electron chi connectivity index (χ1n) is 6.51. The van der Waals surface area contributed by atoms with Gasteiger partial charge in [-0.05, 0) is 36.8 Å². The van der Waals surface area contributed by atoms with Gasteiger partial charge in [0, 0.05) is 0 Å². The van der Waals surface area contributed by atoms with Gasteiger partial charge in [0.05, 0.1) is 11.8 Å². The van der Waals surface area contributed by atoms with Gasteiger partial charge in [-0.3, -0.25) is 4.79 Å². The summed E-state index contributed by atoms with van der Waals surface area (Å²) in [6, 6.07) is 12.7. The summed E-state index contributed by atoms with van der Waals surface area (Å²) < 4.78 is 18.7. The zero-order chi connectivity index (χ0) is 15.2. The molecular formula is C16H16FNO3. The van der Waals surface area contributed by atoms with Crippen LogP contribution < -0.4 is 10.1 Å². The quantitative estimate of drug-likeness (QED) is 0.889. The molecule has 2 aromatic rings. The molecule has 2 rings (SSSR count). The average Bonchev–Trinajstić information content (AvgIpc) is 2.48. The summed E-state index contributed by atoms with van der Waals surface area (Å²) in [5, 5.41) is 11.8. The lowest BCUT2D eigenvalue weighted by molar-refractivity contribution is -0.118. The number of aliphatic hydroxyl groups is 1. The third kappa shape index (κ3) is 4.29. The van der Waals surface area contributed by atoms with E-state index < -0.39 is 17.8 Å². The first-order valence-corrected chi connectivity index (χ1v) is 6.51. The smallest absolute Gasteiger partial charge is 0.262 e. The van der Waals surface area contributed by atoms with Gasteiger partial charge in [-0.1, -0.05) is 24.3 Å². The highest BCUT2D eigenvalue weighted by molar-refractivity contribution is 5.91. The Morgan fingerprint density at radius 1 is 1.24 bits per heavy atom. The molecule has 4 nitrogen and oxygen atoms in total. The van der Waals surface area contributed by atoms with E-state index in [4.69, 9.17) is 4.74 Å². The van der Waals surface area contributed by atoms with Gasteiger partial charge in [0.25, 0.3) is 5.91 Å². The van der Waals surface area contributed by atoms with Crippen molar-refractivity contribution >= 4 is 11.6 Å². The molecule has 21 heavy (non-hydrogen) atoms. The fraction of sp³-hybridized carbons (Fsp3) is 0.188. The Bertz CT molecular complexity index is 611. The van der Waals surface area contributed by atoms with Gasteiger partial charge in [0.15, 0.2) is 6.61 Å². The molecule has 5 heteroatoms. The van der Waals surface area contributed by atoms with Gasteiger partial charge in [0.1, 0.15) is 11.6 Å². The largest absolute Gasteiger partial charge is 0.484 e. The number of aliphatic hydroxyl groups excluding tert-OH is 1. The summed E-state index contributed by atoms with van der Waals surface area (Å²) in [6.45, 7) is 1.44. The van der Waals surface area contributed by atoms with Crippen LogP contribution in [0.5, 0.6) is 5.75 Å². The summed E-state index contributed by atoms with van der Waals surface area (Å²) >= 11 is 0. The molecule has 0 aliphatic carbocycles. The number of carbonyl (C=O) groups excluding carboxylic acids is 1. The number of ether oxygens (including phenoxy) is 1. The summed E-state index contributed by atoms with van der Waals surface area (Å²) in [6.07, 6.45) is -0.552. The molecule has 2 N–H and O–H groups in total. The Morgan fingerprint density at radius 2 is 1.90 bits per heavy atom. The lowest BCUT2D eigenvalue weighted by atomic mass is 10.1. The van der Waals surface area contributed by atoms with Crippen molar-refractivity contribution < 1.29 is 19.0 Å². The second-order valence-corrected chi connectivity index (χ2v) is 4.56. The first-order chi connectivity index (χ1) is 10.1. The van der Waals surface area contributed by atoms with Crippen LogP contribution in [-0.2, 0) is 4.79 Å². The number of rotatable bonds is 5. The van der Waals surface area contributed by atoms with Crippen LogP contribution in [0.3, 0.4) is 0 Å². The van der Waals surface area contributed by atoms with Gasteiger partial charge >= 0.3 is 0 Å². The van der Waals surface area contributed by atoms with E-state index in [0.29, 0.717) is 5.75 Å². The SMILES string of the molecule is CC(O)c1ccc(OCC(=O)Nc2ccccc2F)cc1. The third-order valence-electron chi connectivity index (χ3n) is 2.88. The number of anilines is 1. The maximum atomic E-state index is 13.4. The number of nitrogens with one attached hydrogen (secondary N) is 1. The van der Waals surface area contributed by atoms with Crippen LogP contribution in [0.1, 0.15) is 18.6 Å². The van der Waals surface area contributed by atoms with E-state index in [1.165, 1.54) is 12.1 Å². The molecule has 0 aliphatic heterocycles. The highest BCUT2D eigenvalue weighted by Crippen LogP contribution is 2.17. The second-order valence-electron chi connectivity index (χ2n) is 4.56. The van der Waals surface area contributed by atoms with Crippen molar-refractivity contribution in [3.8, 4) is 5.75 Å². The van der Waals surface area contributed by atoms with E-state index in [9.17, 15) is 14.3 Å². The van der Waals surface area contributed by atoms with E-state index in [0.717, 1.165) is 5.56 Å². The van der Waals surface area contributed by atoms with Gasteiger partial charge in [-0.25, -0.2) is 4.39 Å².